The smallest absolute Gasteiger partial charge is 0.260 e. The predicted molar refractivity (Wildman–Crippen MR) is 115 cm³/mol. The number of ether oxygens (including phenoxy) is 2. The normalized spacial score (nSPS) is 16.6. The van der Waals surface area contributed by atoms with Crippen molar-refractivity contribution in [2.45, 2.75) is 26.7 Å². The number of amides is 1. The quantitative estimate of drug-likeness (QED) is 0.626. The lowest BCUT2D eigenvalue weighted by Crippen LogP contribution is -2.43. The molecule has 0 spiro atoms. The van der Waals surface area contributed by atoms with Gasteiger partial charge in [-0.1, -0.05) is 18.2 Å². The summed E-state index contributed by atoms with van der Waals surface area (Å²) in [5.41, 5.74) is 2.75. The van der Waals surface area contributed by atoms with Gasteiger partial charge < -0.3 is 14.4 Å². The molecule has 7 nitrogen and oxygen atoms in total. The maximum atomic E-state index is 12.8. The SMILES string of the molecule is Cc1cc(C)c2c(OCC(=O)N3CCCC(COc4ccccc4)C3)nn(C)c2n1. The third-order valence-corrected chi connectivity index (χ3v) is 5.52. The van der Waals surface area contributed by atoms with E-state index < -0.39 is 0 Å². The molecule has 3 heterocycles. The third-order valence-electron chi connectivity index (χ3n) is 5.52. The molecule has 1 amide bonds. The van der Waals surface area contributed by atoms with Crippen molar-refractivity contribution in [3.63, 3.8) is 0 Å². The van der Waals surface area contributed by atoms with Gasteiger partial charge in [0.25, 0.3) is 5.91 Å². The molecule has 1 atom stereocenters. The number of piperidine rings is 1. The van der Waals surface area contributed by atoms with Crippen LogP contribution >= 0.6 is 0 Å². The van der Waals surface area contributed by atoms with Crippen LogP contribution in [0.15, 0.2) is 36.4 Å². The first kappa shape index (κ1) is 20.2. The minimum Gasteiger partial charge on any atom is -0.493 e. The van der Waals surface area contributed by atoms with Crippen LogP contribution in [0.4, 0.5) is 0 Å². The number of rotatable bonds is 6. The van der Waals surface area contributed by atoms with Crippen LogP contribution in [-0.2, 0) is 11.8 Å². The number of fused-ring (bicyclic) bond motifs is 1. The van der Waals surface area contributed by atoms with Crippen molar-refractivity contribution in [1.29, 1.82) is 0 Å². The van der Waals surface area contributed by atoms with Gasteiger partial charge in [-0.3, -0.25) is 4.79 Å². The molecule has 0 radical (unpaired) electrons. The average molecular weight is 409 g/mol. The summed E-state index contributed by atoms with van der Waals surface area (Å²) in [5.74, 6) is 1.64. The first-order valence-electron chi connectivity index (χ1n) is 10.4. The van der Waals surface area contributed by atoms with E-state index in [1.807, 2.05) is 62.2 Å². The predicted octanol–water partition coefficient (Wildman–Crippen LogP) is 3.28. The molecule has 158 valence electrons. The molecule has 3 aromatic rings. The molecule has 1 aliphatic rings. The number of aryl methyl sites for hydroxylation is 3. The van der Waals surface area contributed by atoms with Gasteiger partial charge in [0.1, 0.15) is 5.75 Å². The van der Waals surface area contributed by atoms with Crippen LogP contribution in [0, 0.1) is 19.8 Å². The van der Waals surface area contributed by atoms with Crippen molar-refractivity contribution in [2.75, 3.05) is 26.3 Å². The number of likely N-dealkylation sites (tertiary alicyclic amines) is 1. The highest BCUT2D eigenvalue weighted by atomic mass is 16.5. The second kappa shape index (κ2) is 8.73. The average Bonchev–Trinajstić information content (AvgIpc) is 3.07. The number of para-hydroxylation sites is 1. The van der Waals surface area contributed by atoms with E-state index in [1.165, 1.54) is 0 Å². The van der Waals surface area contributed by atoms with Crippen molar-refractivity contribution >= 4 is 16.9 Å². The number of hydrogen-bond acceptors (Lipinski definition) is 5. The monoisotopic (exact) mass is 408 g/mol. The minimum atomic E-state index is -0.0221. The van der Waals surface area contributed by atoms with Crippen LogP contribution < -0.4 is 9.47 Å². The second-order valence-electron chi connectivity index (χ2n) is 7.97. The van der Waals surface area contributed by atoms with Gasteiger partial charge in [-0.2, -0.15) is 0 Å². The zero-order chi connectivity index (χ0) is 21.1. The number of aromatic nitrogens is 3. The molecule has 1 aliphatic heterocycles. The molecule has 1 aromatic carbocycles. The van der Waals surface area contributed by atoms with Gasteiger partial charge in [0.05, 0.1) is 12.0 Å². The van der Waals surface area contributed by atoms with Crippen LogP contribution in [0.3, 0.4) is 0 Å². The van der Waals surface area contributed by atoms with Crippen molar-refractivity contribution in [2.24, 2.45) is 13.0 Å². The Kier molecular flexibility index (Phi) is 5.88. The highest BCUT2D eigenvalue weighted by molar-refractivity contribution is 5.85. The molecule has 7 heteroatoms. The van der Waals surface area contributed by atoms with Crippen molar-refractivity contribution < 1.29 is 14.3 Å². The van der Waals surface area contributed by atoms with Gasteiger partial charge >= 0.3 is 0 Å². The lowest BCUT2D eigenvalue weighted by molar-refractivity contribution is -0.135. The van der Waals surface area contributed by atoms with E-state index in [0.29, 0.717) is 24.9 Å². The summed E-state index contributed by atoms with van der Waals surface area (Å²) in [6, 6.07) is 11.8. The van der Waals surface area contributed by atoms with E-state index in [1.54, 1.807) is 4.68 Å². The summed E-state index contributed by atoms with van der Waals surface area (Å²) in [4.78, 5) is 19.2. The maximum absolute atomic E-state index is 12.8. The Morgan fingerprint density at radius 3 is 2.80 bits per heavy atom. The van der Waals surface area contributed by atoms with E-state index in [-0.39, 0.29) is 12.5 Å². The Balaban J connectivity index is 1.35. The fourth-order valence-corrected chi connectivity index (χ4v) is 4.03. The standard InChI is InChI=1S/C23H28N4O3/c1-16-12-17(2)24-22-21(16)23(25-26(22)3)30-15-20(28)27-11-7-8-18(13-27)14-29-19-9-5-4-6-10-19/h4-6,9-10,12,18H,7-8,11,13-15H2,1-3H3. The molecule has 30 heavy (non-hydrogen) atoms. The van der Waals surface area contributed by atoms with E-state index in [4.69, 9.17) is 9.47 Å². The maximum Gasteiger partial charge on any atom is 0.260 e. The molecule has 2 aromatic heterocycles. The fraction of sp³-hybridized carbons (Fsp3) is 0.435. The number of pyridine rings is 1. The van der Waals surface area contributed by atoms with E-state index in [9.17, 15) is 4.79 Å². The molecule has 1 unspecified atom stereocenters. The number of hydrogen-bond donors (Lipinski definition) is 0. The van der Waals surface area contributed by atoms with Crippen LogP contribution in [0.25, 0.3) is 11.0 Å². The Bertz CT molecular complexity index is 1030. The molecule has 0 bridgehead atoms. The molecule has 0 aliphatic carbocycles. The lowest BCUT2D eigenvalue weighted by Gasteiger charge is -2.32. The van der Waals surface area contributed by atoms with E-state index in [0.717, 1.165) is 47.4 Å². The van der Waals surface area contributed by atoms with Gasteiger partial charge in [-0.25, -0.2) is 9.67 Å². The number of benzene rings is 1. The van der Waals surface area contributed by atoms with Crippen molar-refractivity contribution in [1.82, 2.24) is 19.7 Å². The first-order chi connectivity index (χ1) is 14.5. The van der Waals surface area contributed by atoms with Crippen molar-refractivity contribution in [3.8, 4) is 11.6 Å². The van der Waals surface area contributed by atoms with Crippen LogP contribution in [-0.4, -0.2) is 51.9 Å². The second-order valence-corrected chi connectivity index (χ2v) is 7.97. The van der Waals surface area contributed by atoms with Crippen LogP contribution in [0.1, 0.15) is 24.1 Å². The Labute approximate surface area is 176 Å². The molecule has 1 saturated heterocycles. The lowest BCUT2D eigenvalue weighted by atomic mass is 9.99. The van der Waals surface area contributed by atoms with E-state index in [2.05, 4.69) is 10.1 Å². The first-order valence-corrected chi connectivity index (χ1v) is 10.4. The van der Waals surface area contributed by atoms with Gasteiger partial charge in [-0.15, -0.1) is 5.10 Å². The molecule has 0 N–H and O–H groups in total. The highest BCUT2D eigenvalue weighted by Gasteiger charge is 2.25. The van der Waals surface area contributed by atoms with Crippen LogP contribution in [0.2, 0.25) is 0 Å². The minimum absolute atomic E-state index is 0.0176. The Morgan fingerprint density at radius 1 is 1.20 bits per heavy atom. The zero-order valence-electron chi connectivity index (χ0n) is 17.8. The molecule has 1 fully saturated rings. The highest BCUT2D eigenvalue weighted by Crippen LogP contribution is 2.27. The van der Waals surface area contributed by atoms with Crippen molar-refractivity contribution in [3.05, 3.63) is 47.7 Å². The third kappa shape index (κ3) is 4.40. The van der Waals surface area contributed by atoms with Gasteiger partial charge in [0.2, 0.25) is 5.88 Å². The molecular weight excluding hydrogens is 380 g/mol. The summed E-state index contributed by atoms with van der Waals surface area (Å²) in [7, 11) is 1.84. The van der Waals surface area contributed by atoms with Gasteiger partial charge in [0, 0.05) is 31.7 Å². The molecule has 0 saturated carbocycles. The van der Waals surface area contributed by atoms with Gasteiger partial charge in [-0.05, 0) is 50.5 Å². The topological polar surface area (TPSA) is 69.5 Å². The van der Waals surface area contributed by atoms with E-state index >= 15 is 0 Å². The summed E-state index contributed by atoms with van der Waals surface area (Å²) in [6.45, 7) is 6.01. The summed E-state index contributed by atoms with van der Waals surface area (Å²) >= 11 is 0. The van der Waals surface area contributed by atoms with Crippen LogP contribution in [0.5, 0.6) is 11.6 Å². The Hall–Kier alpha value is -3.09. The Morgan fingerprint density at radius 2 is 2.00 bits per heavy atom. The summed E-state index contributed by atoms with van der Waals surface area (Å²) < 4.78 is 13.4. The largest absolute Gasteiger partial charge is 0.493 e. The number of carbonyl (C=O) groups excluding carboxylic acids is 1. The fourth-order valence-electron chi connectivity index (χ4n) is 4.03. The zero-order valence-corrected chi connectivity index (χ0v) is 17.8. The summed E-state index contributed by atoms with van der Waals surface area (Å²) in [6.07, 6.45) is 2.04. The molecular formula is C23H28N4O3. The summed E-state index contributed by atoms with van der Waals surface area (Å²) in [5, 5.41) is 5.29. The number of carbonyl (C=O) groups is 1. The molecule has 4 rings (SSSR count). The van der Waals surface area contributed by atoms with Gasteiger partial charge in [0.15, 0.2) is 12.3 Å². The number of nitrogens with zero attached hydrogens (tertiary/aromatic N) is 4.